The Hall–Kier alpha value is -2.34. The topological polar surface area (TPSA) is 58.8 Å². The van der Waals surface area contributed by atoms with E-state index in [1.165, 1.54) is 0 Å². The molecule has 1 amide bonds. The molecule has 1 aliphatic rings. The summed E-state index contributed by atoms with van der Waals surface area (Å²) in [6, 6.07) is 9.99. The fourth-order valence-corrected chi connectivity index (χ4v) is 2.74. The van der Waals surface area contributed by atoms with Gasteiger partial charge < -0.3 is 14.2 Å². The molecule has 3 rings (SSSR count). The van der Waals surface area contributed by atoms with Gasteiger partial charge in [0.2, 0.25) is 0 Å². The van der Waals surface area contributed by atoms with E-state index < -0.39 is 0 Å². The number of carbonyl (C=O) groups is 1. The summed E-state index contributed by atoms with van der Waals surface area (Å²) in [5.41, 5.74) is 2.10. The molecule has 0 radical (unpaired) electrons. The van der Waals surface area contributed by atoms with E-state index >= 15 is 0 Å². The van der Waals surface area contributed by atoms with Gasteiger partial charge in [-0.05, 0) is 6.92 Å². The number of piperazine rings is 1. The van der Waals surface area contributed by atoms with Crippen LogP contribution in [0, 0.1) is 0 Å². The number of benzene rings is 1. The molecular formula is C17H21N3O3. The molecular weight excluding hydrogens is 294 g/mol. The second-order valence-electron chi connectivity index (χ2n) is 5.51. The minimum atomic E-state index is -0.220. The predicted octanol–water partition coefficient (Wildman–Crippen LogP) is 2.62. The summed E-state index contributed by atoms with van der Waals surface area (Å²) < 4.78 is 10.5. The van der Waals surface area contributed by atoms with Gasteiger partial charge in [0.05, 0.1) is 12.8 Å². The number of carbonyl (C=O) groups excluding carboxylic acids is 1. The number of ether oxygens (including phenoxy) is 1. The van der Waals surface area contributed by atoms with E-state index in [-0.39, 0.29) is 6.09 Å². The third-order valence-electron chi connectivity index (χ3n) is 3.97. The molecule has 0 unspecified atom stereocenters. The molecule has 0 bridgehead atoms. The summed E-state index contributed by atoms with van der Waals surface area (Å²) in [6.07, 6.45) is 1.56. The number of rotatable bonds is 4. The second-order valence-corrected chi connectivity index (χ2v) is 5.51. The van der Waals surface area contributed by atoms with Crippen LogP contribution in [-0.2, 0) is 11.3 Å². The fraction of sp³-hybridized carbons (Fsp3) is 0.412. The van der Waals surface area contributed by atoms with Gasteiger partial charge in [-0.15, -0.1) is 0 Å². The number of amides is 1. The maximum atomic E-state index is 11.7. The van der Waals surface area contributed by atoms with Crippen molar-refractivity contribution < 1.29 is 14.1 Å². The number of aromatic nitrogens is 1. The zero-order valence-corrected chi connectivity index (χ0v) is 13.3. The zero-order valence-electron chi connectivity index (χ0n) is 13.3. The number of hydrogen-bond acceptors (Lipinski definition) is 5. The molecule has 1 saturated heterocycles. The van der Waals surface area contributed by atoms with Crippen LogP contribution < -0.4 is 0 Å². The Balaban J connectivity index is 1.60. The first-order valence-electron chi connectivity index (χ1n) is 7.91. The lowest BCUT2D eigenvalue weighted by atomic mass is 10.1. The first kappa shape index (κ1) is 15.6. The Morgan fingerprint density at radius 2 is 1.96 bits per heavy atom. The fourth-order valence-electron chi connectivity index (χ4n) is 2.74. The summed E-state index contributed by atoms with van der Waals surface area (Å²) in [6.45, 7) is 6.02. The van der Waals surface area contributed by atoms with Crippen LogP contribution >= 0.6 is 0 Å². The van der Waals surface area contributed by atoms with Gasteiger partial charge in [0.15, 0.2) is 5.76 Å². The van der Waals surface area contributed by atoms with Gasteiger partial charge in [0, 0.05) is 43.9 Å². The summed E-state index contributed by atoms with van der Waals surface area (Å²) in [5.74, 6) is 0.818. The van der Waals surface area contributed by atoms with Crippen LogP contribution in [0.15, 0.2) is 41.1 Å². The van der Waals surface area contributed by atoms with Crippen molar-refractivity contribution in [1.82, 2.24) is 15.0 Å². The maximum absolute atomic E-state index is 11.7. The van der Waals surface area contributed by atoms with Crippen LogP contribution in [0.4, 0.5) is 4.79 Å². The molecule has 122 valence electrons. The van der Waals surface area contributed by atoms with E-state index in [0.29, 0.717) is 19.7 Å². The highest BCUT2D eigenvalue weighted by Crippen LogP contribution is 2.24. The monoisotopic (exact) mass is 315 g/mol. The van der Waals surface area contributed by atoms with Crippen molar-refractivity contribution in [3.8, 4) is 11.3 Å². The summed E-state index contributed by atoms with van der Waals surface area (Å²) in [7, 11) is 0. The lowest BCUT2D eigenvalue weighted by molar-refractivity contribution is 0.0778. The summed E-state index contributed by atoms with van der Waals surface area (Å²) in [5, 5.41) is 3.95. The molecule has 1 aromatic carbocycles. The molecule has 23 heavy (non-hydrogen) atoms. The van der Waals surface area contributed by atoms with Crippen LogP contribution in [-0.4, -0.2) is 53.8 Å². The van der Waals surface area contributed by atoms with Crippen molar-refractivity contribution in [3.63, 3.8) is 0 Å². The Kier molecular flexibility index (Phi) is 4.92. The zero-order chi connectivity index (χ0) is 16.1. The molecule has 0 saturated carbocycles. The number of hydrogen-bond donors (Lipinski definition) is 0. The molecule has 2 heterocycles. The van der Waals surface area contributed by atoms with Crippen molar-refractivity contribution in [2.75, 3.05) is 32.8 Å². The molecule has 0 aliphatic carbocycles. The predicted molar refractivity (Wildman–Crippen MR) is 85.8 cm³/mol. The van der Waals surface area contributed by atoms with Crippen LogP contribution in [0.1, 0.15) is 12.5 Å². The molecule has 0 spiro atoms. The molecule has 1 aliphatic heterocycles. The van der Waals surface area contributed by atoms with E-state index in [2.05, 4.69) is 10.1 Å². The molecule has 2 aromatic rings. The second kappa shape index (κ2) is 7.28. The minimum absolute atomic E-state index is 0.220. The molecule has 0 N–H and O–H groups in total. The van der Waals surface area contributed by atoms with Crippen molar-refractivity contribution >= 4 is 6.09 Å². The van der Waals surface area contributed by atoms with Crippen molar-refractivity contribution in [3.05, 3.63) is 42.1 Å². The Bertz CT molecular complexity index is 634. The van der Waals surface area contributed by atoms with Crippen LogP contribution in [0.5, 0.6) is 0 Å². The number of nitrogens with zero attached hydrogens (tertiary/aromatic N) is 3. The molecule has 6 heteroatoms. The van der Waals surface area contributed by atoms with Gasteiger partial charge in [-0.1, -0.05) is 35.5 Å². The SMILES string of the molecule is CCOC(=O)N1CCN(Cc2cnoc2-c2ccccc2)CC1. The third kappa shape index (κ3) is 3.71. The van der Waals surface area contributed by atoms with Gasteiger partial charge in [0.1, 0.15) is 0 Å². The van der Waals surface area contributed by atoms with E-state index in [4.69, 9.17) is 9.26 Å². The summed E-state index contributed by atoms with van der Waals surface area (Å²) >= 11 is 0. The largest absolute Gasteiger partial charge is 0.450 e. The van der Waals surface area contributed by atoms with E-state index in [0.717, 1.165) is 36.5 Å². The first-order valence-corrected chi connectivity index (χ1v) is 7.91. The Morgan fingerprint density at radius 3 is 2.65 bits per heavy atom. The lowest BCUT2D eigenvalue weighted by Gasteiger charge is -2.33. The van der Waals surface area contributed by atoms with Crippen LogP contribution in [0.25, 0.3) is 11.3 Å². The van der Waals surface area contributed by atoms with E-state index in [1.54, 1.807) is 11.1 Å². The third-order valence-corrected chi connectivity index (χ3v) is 3.97. The highest BCUT2D eigenvalue weighted by Gasteiger charge is 2.23. The quantitative estimate of drug-likeness (QED) is 0.868. The van der Waals surface area contributed by atoms with Gasteiger partial charge in [0.25, 0.3) is 0 Å². The van der Waals surface area contributed by atoms with Gasteiger partial charge >= 0.3 is 6.09 Å². The standard InChI is InChI=1S/C17H21N3O3/c1-2-22-17(21)20-10-8-19(9-11-20)13-15-12-18-23-16(15)14-6-4-3-5-7-14/h3-7,12H,2,8-11,13H2,1H3. The van der Waals surface area contributed by atoms with Crippen LogP contribution in [0.2, 0.25) is 0 Å². The van der Waals surface area contributed by atoms with Crippen molar-refractivity contribution in [1.29, 1.82) is 0 Å². The van der Waals surface area contributed by atoms with E-state index in [9.17, 15) is 4.79 Å². The van der Waals surface area contributed by atoms with Gasteiger partial charge in [-0.3, -0.25) is 4.90 Å². The molecule has 1 fully saturated rings. The smallest absolute Gasteiger partial charge is 0.409 e. The normalized spacial score (nSPS) is 15.6. The average molecular weight is 315 g/mol. The van der Waals surface area contributed by atoms with Gasteiger partial charge in [-0.25, -0.2) is 4.79 Å². The minimum Gasteiger partial charge on any atom is -0.450 e. The highest BCUT2D eigenvalue weighted by atomic mass is 16.6. The average Bonchev–Trinajstić information content (AvgIpc) is 3.05. The van der Waals surface area contributed by atoms with E-state index in [1.807, 2.05) is 37.3 Å². The maximum Gasteiger partial charge on any atom is 0.409 e. The Morgan fingerprint density at radius 1 is 1.22 bits per heavy atom. The molecule has 1 aromatic heterocycles. The Labute approximate surface area is 135 Å². The lowest BCUT2D eigenvalue weighted by Crippen LogP contribution is -2.48. The molecule has 6 nitrogen and oxygen atoms in total. The van der Waals surface area contributed by atoms with Crippen LogP contribution in [0.3, 0.4) is 0 Å². The first-order chi connectivity index (χ1) is 11.3. The highest BCUT2D eigenvalue weighted by molar-refractivity contribution is 5.67. The molecule has 0 atom stereocenters. The summed E-state index contributed by atoms with van der Waals surface area (Å²) in [4.78, 5) is 15.8. The van der Waals surface area contributed by atoms with Crippen molar-refractivity contribution in [2.45, 2.75) is 13.5 Å². The van der Waals surface area contributed by atoms with Gasteiger partial charge in [-0.2, -0.15) is 0 Å². The van der Waals surface area contributed by atoms with Crippen molar-refractivity contribution in [2.24, 2.45) is 0 Å².